The Bertz CT molecular complexity index is 629. The number of carbonyl (C=O) groups excluding carboxylic acids is 2. The zero-order valence-corrected chi connectivity index (χ0v) is 12.8. The summed E-state index contributed by atoms with van der Waals surface area (Å²) in [6.07, 6.45) is 3.96. The van der Waals surface area contributed by atoms with Crippen LogP contribution in [0.5, 0.6) is 11.5 Å². The summed E-state index contributed by atoms with van der Waals surface area (Å²) < 4.78 is 11.1. The maximum Gasteiger partial charge on any atom is 0.283 e. The number of hydrogen-bond acceptors (Lipinski definition) is 4. The van der Waals surface area contributed by atoms with Crippen LogP contribution in [0.15, 0.2) is 24.3 Å². The number of hydrogen-bond donors (Lipinski definition) is 2. The van der Waals surface area contributed by atoms with Crippen molar-refractivity contribution in [2.24, 2.45) is 17.8 Å². The number of hydrazine groups is 1. The monoisotopic (exact) mass is 316 g/mol. The second kappa shape index (κ2) is 5.76. The van der Waals surface area contributed by atoms with E-state index >= 15 is 0 Å². The number of nitrogens with one attached hydrogen (secondary N) is 2. The summed E-state index contributed by atoms with van der Waals surface area (Å²) in [6.45, 7) is 0.132. The van der Waals surface area contributed by atoms with E-state index in [2.05, 4.69) is 10.9 Å². The van der Waals surface area contributed by atoms with Gasteiger partial charge in [0.2, 0.25) is 12.0 Å². The predicted molar refractivity (Wildman–Crippen MR) is 81.6 cm³/mol. The van der Waals surface area contributed by atoms with Gasteiger partial charge in [0, 0.05) is 5.92 Å². The first-order chi connectivity index (χ1) is 11.2. The molecule has 0 radical (unpaired) electrons. The first-order valence-electron chi connectivity index (χ1n) is 8.20. The molecule has 3 atom stereocenters. The Kier molecular flexibility index (Phi) is 3.59. The van der Waals surface area contributed by atoms with Crippen LogP contribution >= 0.6 is 0 Å². The summed E-state index contributed by atoms with van der Waals surface area (Å²) in [6, 6.07) is 7.20. The Hall–Kier alpha value is -2.24. The summed E-state index contributed by atoms with van der Waals surface area (Å²) in [4.78, 5) is 24.2. The molecule has 2 fully saturated rings. The highest BCUT2D eigenvalue weighted by atomic mass is 16.6. The smallest absolute Gasteiger partial charge is 0.283 e. The Morgan fingerprint density at radius 1 is 1.04 bits per heavy atom. The number of ether oxygens (including phenoxy) is 2. The minimum atomic E-state index is -0.758. The molecule has 2 N–H and O–H groups in total. The quantitative estimate of drug-likeness (QED) is 0.827. The molecular formula is C17H20N2O4. The lowest BCUT2D eigenvalue weighted by atomic mass is 9.81. The predicted octanol–water partition coefficient (Wildman–Crippen LogP) is 1.41. The molecule has 1 aliphatic heterocycles. The summed E-state index contributed by atoms with van der Waals surface area (Å²) >= 11 is 0. The van der Waals surface area contributed by atoms with Crippen LogP contribution in [-0.4, -0.2) is 24.5 Å². The summed E-state index contributed by atoms with van der Waals surface area (Å²) in [7, 11) is 0. The Labute approximate surface area is 134 Å². The maximum atomic E-state index is 12.1. The molecule has 2 amide bonds. The number of carbonyl (C=O) groups is 2. The van der Waals surface area contributed by atoms with E-state index in [0.717, 1.165) is 6.42 Å². The van der Waals surface area contributed by atoms with Gasteiger partial charge in [-0.25, -0.2) is 0 Å². The molecule has 6 heteroatoms. The SMILES string of the molecule is O=C(NNC(=O)C1CC1C1CCC1)C1COc2ccccc2O1. The van der Waals surface area contributed by atoms with E-state index in [1.54, 1.807) is 12.1 Å². The van der Waals surface area contributed by atoms with Crippen molar-refractivity contribution < 1.29 is 19.1 Å². The fourth-order valence-electron chi connectivity index (χ4n) is 3.35. The van der Waals surface area contributed by atoms with Crippen molar-refractivity contribution in [3.05, 3.63) is 24.3 Å². The summed E-state index contributed by atoms with van der Waals surface area (Å²) in [5, 5.41) is 0. The van der Waals surface area contributed by atoms with Crippen molar-refractivity contribution in [1.29, 1.82) is 0 Å². The highest BCUT2D eigenvalue weighted by Gasteiger charge is 2.49. The van der Waals surface area contributed by atoms with Gasteiger partial charge in [0.1, 0.15) is 6.61 Å². The Balaban J connectivity index is 1.25. The number of amides is 2. The van der Waals surface area contributed by atoms with Crippen molar-refractivity contribution in [2.75, 3.05) is 6.61 Å². The highest BCUT2D eigenvalue weighted by molar-refractivity contribution is 5.87. The first kappa shape index (κ1) is 14.4. The molecule has 1 aromatic rings. The molecular weight excluding hydrogens is 296 g/mol. The van der Waals surface area contributed by atoms with Crippen LogP contribution < -0.4 is 20.3 Å². The average molecular weight is 316 g/mol. The number of fused-ring (bicyclic) bond motifs is 1. The molecule has 6 nitrogen and oxygen atoms in total. The van der Waals surface area contributed by atoms with Crippen LogP contribution in [0.2, 0.25) is 0 Å². The normalized spacial score (nSPS) is 28.4. The zero-order chi connectivity index (χ0) is 15.8. The standard InChI is InChI=1S/C17H20N2O4/c20-16(12-8-11(12)10-4-3-5-10)18-19-17(21)15-9-22-13-6-1-2-7-14(13)23-15/h1-2,6-7,10-12,15H,3-5,8-9H2,(H,18,20)(H,19,21). The molecule has 2 saturated carbocycles. The van der Waals surface area contributed by atoms with Gasteiger partial charge in [-0.05, 0) is 30.4 Å². The minimum Gasteiger partial charge on any atom is -0.485 e. The van der Waals surface area contributed by atoms with Crippen LogP contribution in [0.4, 0.5) is 0 Å². The van der Waals surface area contributed by atoms with Gasteiger partial charge in [0.25, 0.3) is 5.91 Å². The van der Waals surface area contributed by atoms with Crippen LogP contribution in [0.1, 0.15) is 25.7 Å². The van der Waals surface area contributed by atoms with Gasteiger partial charge in [-0.1, -0.05) is 31.4 Å². The number of rotatable bonds is 3. The third-order valence-corrected chi connectivity index (χ3v) is 5.04. The molecule has 4 rings (SSSR count). The molecule has 0 aromatic heterocycles. The van der Waals surface area contributed by atoms with E-state index < -0.39 is 12.0 Å². The number of para-hydroxylation sites is 2. The van der Waals surface area contributed by atoms with Crippen molar-refractivity contribution in [2.45, 2.75) is 31.8 Å². The van der Waals surface area contributed by atoms with Crippen molar-refractivity contribution in [3.8, 4) is 11.5 Å². The van der Waals surface area contributed by atoms with Crippen LogP contribution in [-0.2, 0) is 9.59 Å². The molecule has 23 heavy (non-hydrogen) atoms. The fourth-order valence-corrected chi connectivity index (χ4v) is 3.35. The fraction of sp³-hybridized carbons (Fsp3) is 0.529. The minimum absolute atomic E-state index is 0.0600. The average Bonchev–Trinajstić information content (AvgIpc) is 3.30. The molecule has 0 saturated heterocycles. The largest absolute Gasteiger partial charge is 0.485 e. The molecule has 0 bridgehead atoms. The topological polar surface area (TPSA) is 76.7 Å². The summed E-state index contributed by atoms with van der Waals surface area (Å²) in [5.74, 6) is 1.97. The lowest BCUT2D eigenvalue weighted by Crippen LogP contribution is -2.51. The van der Waals surface area contributed by atoms with Gasteiger partial charge >= 0.3 is 0 Å². The van der Waals surface area contributed by atoms with Gasteiger partial charge < -0.3 is 9.47 Å². The third-order valence-electron chi connectivity index (χ3n) is 5.04. The summed E-state index contributed by atoms with van der Waals surface area (Å²) in [5.41, 5.74) is 4.98. The molecule has 2 aliphatic carbocycles. The molecule has 3 unspecified atom stereocenters. The van der Waals surface area contributed by atoms with Crippen LogP contribution in [0.3, 0.4) is 0 Å². The maximum absolute atomic E-state index is 12.1. The van der Waals surface area contributed by atoms with Crippen molar-refractivity contribution in [3.63, 3.8) is 0 Å². The first-order valence-corrected chi connectivity index (χ1v) is 8.20. The second-order valence-electron chi connectivity index (χ2n) is 6.54. The van der Waals surface area contributed by atoms with Gasteiger partial charge in [-0.2, -0.15) is 0 Å². The van der Waals surface area contributed by atoms with E-state index in [4.69, 9.17) is 9.47 Å². The highest BCUT2D eigenvalue weighted by Crippen LogP contribution is 2.51. The number of benzene rings is 1. The van der Waals surface area contributed by atoms with E-state index in [9.17, 15) is 9.59 Å². The van der Waals surface area contributed by atoms with Gasteiger partial charge in [0.05, 0.1) is 0 Å². The van der Waals surface area contributed by atoms with Gasteiger partial charge in [0.15, 0.2) is 11.5 Å². The van der Waals surface area contributed by atoms with E-state index in [-0.39, 0.29) is 18.4 Å². The second-order valence-corrected chi connectivity index (χ2v) is 6.54. The van der Waals surface area contributed by atoms with Crippen LogP contribution in [0, 0.1) is 17.8 Å². The molecule has 1 aromatic carbocycles. The lowest BCUT2D eigenvalue weighted by Gasteiger charge is -2.26. The lowest BCUT2D eigenvalue weighted by molar-refractivity contribution is -0.135. The Morgan fingerprint density at radius 3 is 2.52 bits per heavy atom. The van der Waals surface area contributed by atoms with E-state index in [0.29, 0.717) is 23.3 Å². The Morgan fingerprint density at radius 2 is 1.78 bits per heavy atom. The zero-order valence-electron chi connectivity index (χ0n) is 12.8. The molecule has 122 valence electrons. The van der Waals surface area contributed by atoms with E-state index in [1.165, 1.54) is 19.3 Å². The van der Waals surface area contributed by atoms with Gasteiger partial charge in [-0.15, -0.1) is 0 Å². The molecule has 3 aliphatic rings. The van der Waals surface area contributed by atoms with Gasteiger partial charge in [-0.3, -0.25) is 20.4 Å². The molecule has 1 heterocycles. The third kappa shape index (κ3) is 2.85. The van der Waals surface area contributed by atoms with Crippen molar-refractivity contribution in [1.82, 2.24) is 10.9 Å². The molecule has 0 spiro atoms. The van der Waals surface area contributed by atoms with Crippen LogP contribution in [0.25, 0.3) is 0 Å². The van der Waals surface area contributed by atoms with Crippen molar-refractivity contribution >= 4 is 11.8 Å². The van der Waals surface area contributed by atoms with E-state index in [1.807, 2.05) is 12.1 Å².